The maximum atomic E-state index is 14.6. The summed E-state index contributed by atoms with van der Waals surface area (Å²) in [7, 11) is 1.44. The van der Waals surface area contributed by atoms with E-state index in [0.29, 0.717) is 19.6 Å². The molecule has 3 aliphatic heterocycles. The van der Waals surface area contributed by atoms with E-state index >= 15 is 0 Å². The predicted molar refractivity (Wildman–Crippen MR) is 237 cm³/mol. The number of hydrazine groups is 1. The zero-order chi connectivity index (χ0) is 47.1. The third kappa shape index (κ3) is 10.8. The summed E-state index contributed by atoms with van der Waals surface area (Å²) in [6.07, 6.45) is 5.20. The van der Waals surface area contributed by atoms with E-state index in [0.717, 1.165) is 12.8 Å². The molecule has 3 aliphatic rings. The van der Waals surface area contributed by atoms with Crippen LogP contribution in [0.25, 0.3) is 10.8 Å². The number of nitrogens with zero attached hydrogens (tertiary/aromatic N) is 2. The average molecular weight is 882 g/mol. The smallest absolute Gasteiger partial charge is 0.312 e. The van der Waals surface area contributed by atoms with Crippen LogP contribution in [0.2, 0.25) is 0 Å². The molecule has 348 valence electrons. The van der Waals surface area contributed by atoms with Gasteiger partial charge in [-0.1, -0.05) is 59.8 Å². The number of phenols is 2. The molecule has 2 amide bonds. The number of allylic oxidation sites excluding steroid dienone is 2. The Kier molecular flexibility index (Phi) is 17.2. The number of methoxy groups -OCH3 is 1. The summed E-state index contributed by atoms with van der Waals surface area (Å²) in [4.78, 5) is 54.5. The molecule has 2 aromatic rings. The van der Waals surface area contributed by atoms with Gasteiger partial charge in [-0.3, -0.25) is 24.2 Å². The van der Waals surface area contributed by atoms with E-state index in [1.807, 2.05) is 25.8 Å². The lowest BCUT2D eigenvalue weighted by Gasteiger charge is -2.38. The number of hydrogen-bond acceptors (Lipinski definition) is 14. The monoisotopic (exact) mass is 881 g/mol. The van der Waals surface area contributed by atoms with Crippen molar-refractivity contribution in [1.82, 2.24) is 10.0 Å². The molecule has 5 bridgehead atoms. The highest BCUT2D eigenvalue weighted by Gasteiger charge is 2.50. The Balaban J connectivity index is 1.94. The van der Waals surface area contributed by atoms with Crippen LogP contribution in [0.15, 0.2) is 42.2 Å². The number of likely N-dealkylation sites (N-methyl/N-ethyl adjacent to an activating group) is 1. The molecule has 0 aliphatic carbocycles. The van der Waals surface area contributed by atoms with Crippen molar-refractivity contribution < 1.29 is 63.3 Å². The van der Waals surface area contributed by atoms with E-state index in [-0.39, 0.29) is 50.6 Å². The van der Waals surface area contributed by atoms with Crippen LogP contribution in [-0.2, 0) is 28.6 Å². The van der Waals surface area contributed by atoms with Crippen LogP contribution in [0.5, 0.6) is 23.0 Å². The Morgan fingerprint density at radius 3 is 2.16 bits per heavy atom. The molecule has 16 nitrogen and oxygen atoms in total. The van der Waals surface area contributed by atoms with Gasteiger partial charge in [-0.05, 0) is 39.7 Å². The minimum Gasteiger partial charge on any atom is -0.507 e. The summed E-state index contributed by atoms with van der Waals surface area (Å²) in [6, 6.07) is 1.28. The van der Waals surface area contributed by atoms with E-state index in [4.69, 9.17) is 23.7 Å². The number of ketones is 1. The number of hydrogen-bond donors (Lipinski definition) is 5. The van der Waals surface area contributed by atoms with Gasteiger partial charge in [0.2, 0.25) is 0 Å². The topological polar surface area (TPSA) is 214 Å². The van der Waals surface area contributed by atoms with Crippen molar-refractivity contribution in [2.45, 2.75) is 119 Å². The summed E-state index contributed by atoms with van der Waals surface area (Å²) in [5.41, 5.74) is -0.0142. The molecule has 0 saturated carbocycles. The van der Waals surface area contributed by atoms with E-state index in [1.54, 1.807) is 44.9 Å². The molecule has 3 heterocycles. The second kappa shape index (κ2) is 21.5. The van der Waals surface area contributed by atoms with Crippen molar-refractivity contribution in [3.63, 3.8) is 0 Å². The molecule has 0 fully saturated rings. The zero-order valence-corrected chi connectivity index (χ0v) is 38.7. The molecule has 9 atom stereocenters. The Hall–Kier alpha value is -5.16. The van der Waals surface area contributed by atoms with Gasteiger partial charge in [-0.25, -0.2) is 5.01 Å². The van der Waals surface area contributed by atoms with Gasteiger partial charge < -0.3 is 49.4 Å². The number of aromatic hydroxyl groups is 2. The number of carbonyl (C=O) groups is 4. The molecule has 0 aromatic heterocycles. The second-order valence-electron chi connectivity index (χ2n) is 16.8. The van der Waals surface area contributed by atoms with Gasteiger partial charge in [0.1, 0.15) is 23.4 Å². The first kappa shape index (κ1) is 50.5. The fourth-order valence-electron chi connectivity index (χ4n) is 8.37. The molecule has 5 N–H and O–H groups in total. The minimum absolute atomic E-state index is 0.0588. The summed E-state index contributed by atoms with van der Waals surface area (Å²) >= 11 is 0. The molecule has 0 saturated heterocycles. The number of aliphatic hydroxyl groups is 2. The molecule has 5 rings (SSSR count). The van der Waals surface area contributed by atoms with E-state index in [1.165, 1.54) is 59.3 Å². The van der Waals surface area contributed by atoms with Crippen molar-refractivity contribution >= 4 is 40.0 Å². The van der Waals surface area contributed by atoms with Gasteiger partial charge in [0, 0.05) is 86.9 Å². The second-order valence-corrected chi connectivity index (χ2v) is 16.8. The summed E-state index contributed by atoms with van der Waals surface area (Å²) in [6.45, 7) is 19.6. The Morgan fingerprint density at radius 1 is 0.921 bits per heavy atom. The molecule has 2 aromatic carbocycles. The number of rotatable bonds is 11. The first-order valence-electron chi connectivity index (χ1n) is 21.7. The molecular weight excluding hydrogens is 815 g/mol. The SMILES string of the molecule is CCCN(CCC)N(CC)C(=O)COc1cc2c(O)c3c(O)c(C)c4c(c13)C(=O)[C@@](C)(O/C=C/[C@H](OC)[C@@H](C)[C@@H](OC(C)=O)[C@H](C)[C@@H](O)[C@H](C)[C@H](O)[C@H](C)/C=C/C=C(/C)C(=O)N2)O4. The molecule has 0 unspecified atom stereocenters. The summed E-state index contributed by atoms with van der Waals surface area (Å²) < 4.78 is 30.0. The quantitative estimate of drug-likeness (QED) is 0.0951. The van der Waals surface area contributed by atoms with Crippen LogP contribution in [0, 0.1) is 30.6 Å². The number of carbonyl (C=O) groups excluding carboxylic acids is 4. The van der Waals surface area contributed by atoms with Crippen LogP contribution in [0.3, 0.4) is 0 Å². The van der Waals surface area contributed by atoms with Crippen molar-refractivity contribution in [3.05, 3.63) is 53.3 Å². The fourth-order valence-corrected chi connectivity index (χ4v) is 8.37. The van der Waals surface area contributed by atoms with Gasteiger partial charge >= 0.3 is 11.8 Å². The number of amides is 2. The highest BCUT2D eigenvalue weighted by atomic mass is 16.7. The third-order valence-electron chi connectivity index (χ3n) is 12.1. The van der Waals surface area contributed by atoms with E-state index < -0.39 is 89.6 Å². The molecule has 0 radical (unpaired) electrons. The number of ether oxygens (including phenoxy) is 5. The first-order chi connectivity index (χ1) is 29.7. The normalized spacial score (nSPS) is 28.8. The largest absolute Gasteiger partial charge is 0.507 e. The van der Waals surface area contributed by atoms with Gasteiger partial charge in [-0.15, -0.1) is 0 Å². The number of Topliss-reactive ketones (excluding diaryl/α,β-unsaturated/α-hetero) is 1. The van der Waals surface area contributed by atoms with E-state index in [9.17, 15) is 39.6 Å². The molecule has 0 spiro atoms. The van der Waals surface area contributed by atoms with Gasteiger partial charge in [0.25, 0.3) is 17.6 Å². The zero-order valence-electron chi connectivity index (χ0n) is 38.7. The molecule has 16 heteroatoms. The lowest BCUT2D eigenvalue weighted by Crippen LogP contribution is -2.48. The van der Waals surface area contributed by atoms with Crippen LogP contribution >= 0.6 is 0 Å². The minimum atomic E-state index is -2.04. The summed E-state index contributed by atoms with van der Waals surface area (Å²) in [5.74, 6) is -8.08. The van der Waals surface area contributed by atoms with Crippen LogP contribution in [0.4, 0.5) is 5.69 Å². The number of nitrogens with one attached hydrogen (secondary N) is 1. The lowest BCUT2D eigenvalue weighted by atomic mass is 9.78. The number of aliphatic hydroxyl groups excluding tert-OH is 2. The Bertz CT molecular complexity index is 2090. The fraction of sp³-hybridized carbons (Fsp3) is 0.574. The third-order valence-corrected chi connectivity index (χ3v) is 12.1. The van der Waals surface area contributed by atoms with Gasteiger partial charge in [-0.2, -0.15) is 0 Å². The Labute approximate surface area is 370 Å². The number of benzene rings is 2. The number of fused-ring (bicyclic) bond motifs is 14. The Morgan fingerprint density at radius 2 is 1.57 bits per heavy atom. The maximum Gasteiger partial charge on any atom is 0.312 e. The number of esters is 1. The van der Waals surface area contributed by atoms with Crippen molar-refractivity contribution in [1.29, 1.82) is 0 Å². The molecule has 63 heavy (non-hydrogen) atoms. The van der Waals surface area contributed by atoms with Crippen molar-refractivity contribution in [2.75, 3.05) is 38.7 Å². The highest BCUT2D eigenvalue weighted by molar-refractivity contribution is 6.21. The average Bonchev–Trinajstić information content (AvgIpc) is 3.51. The standard InChI is InChI=1S/C47H67N3O13/c1-13-20-49(21-14-2)50(15-3)35(52)24-60-34-23-32-42(56)37-36(34)38-44(30(9)41(37)55)63-47(11,45(38)57)61-22-19-33(59-12)27(6)43(62-31(10)51)29(8)40(54)28(7)39(53)25(4)17-16-18-26(5)46(58)48-32/h16-19,22-23,25,27-29,33,39-40,43,53-56H,13-15,20-21,24H2,1-12H3,(H,48,58)/b17-16+,22-19+,26-18-/t25-,27-,28-,29-,33+,39-,40+,43-,47+/m1/s1. The highest BCUT2D eigenvalue weighted by Crippen LogP contribution is 2.54. The van der Waals surface area contributed by atoms with Crippen LogP contribution in [0.1, 0.15) is 98.0 Å². The van der Waals surface area contributed by atoms with E-state index in [2.05, 4.69) is 5.32 Å². The van der Waals surface area contributed by atoms with Gasteiger partial charge in [0.05, 0.1) is 41.2 Å². The maximum absolute atomic E-state index is 14.6. The summed E-state index contributed by atoms with van der Waals surface area (Å²) in [5, 5.41) is 52.3. The number of anilines is 1. The first-order valence-corrected chi connectivity index (χ1v) is 21.7. The predicted octanol–water partition coefficient (Wildman–Crippen LogP) is 6.31. The van der Waals surface area contributed by atoms with Crippen LogP contribution in [-0.4, -0.2) is 118 Å². The van der Waals surface area contributed by atoms with Crippen molar-refractivity contribution in [3.8, 4) is 23.0 Å². The lowest BCUT2D eigenvalue weighted by molar-refractivity contribution is -0.160. The molecular formula is C47H67N3O13. The number of phenolic OH excluding ortho intramolecular Hbond substituents is 2. The van der Waals surface area contributed by atoms with Crippen molar-refractivity contribution in [2.24, 2.45) is 23.7 Å². The van der Waals surface area contributed by atoms with Gasteiger partial charge in [0.15, 0.2) is 12.4 Å². The van der Waals surface area contributed by atoms with Crippen LogP contribution < -0.4 is 14.8 Å².